The average molecular weight is 366 g/mol. The van der Waals surface area contributed by atoms with Crippen LogP contribution in [0.25, 0.3) is 5.65 Å². The van der Waals surface area contributed by atoms with Gasteiger partial charge in [0.15, 0.2) is 11.5 Å². The minimum absolute atomic E-state index is 0.198. The number of fused-ring (bicyclic) bond motifs is 1. The molecule has 1 atom stereocenters. The highest BCUT2D eigenvalue weighted by Gasteiger charge is 2.28. The first kappa shape index (κ1) is 16.4. The lowest BCUT2D eigenvalue weighted by Crippen LogP contribution is -2.24. The van der Waals surface area contributed by atoms with Crippen LogP contribution in [-0.4, -0.2) is 60.0 Å². The number of hydrogen-bond donors (Lipinski definition) is 0. The van der Waals surface area contributed by atoms with Crippen LogP contribution in [0.5, 0.6) is 0 Å². The predicted octanol–water partition coefficient (Wildman–Crippen LogP) is 1.20. The van der Waals surface area contributed by atoms with Gasteiger partial charge in [-0.3, -0.25) is 14.4 Å². The maximum atomic E-state index is 11.9. The molecule has 5 heterocycles. The molecule has 0 spiro atoms. The number of carbonyl (C=O) groups excluding carboxylic acids is 1. The van der Waals surface area contributed by atoms with Crippen LogP contribution in [0.15, 0.2) is 24.5 Å². The lowest BCUT2D eigenvalue weighted by atomic mass is 10.3. The fraction of sp³-hybridized carbons (Fsp3) is 0.500. The molecule has 9 heteroatoms. The summed E-state index contributed by atoms with van der Waals surface area (Å²) in [5.74, 6) is 1.06. The van der Waals surface area contributed by atoms with Crippen molar-refractivity contribution in [2.24, 2.45) is 0 Å². The number of rotatable bonds is 4. The molecule has 5 rings (SSSR count). The molecule has 0 aromatic carbocycles. The Balaban J connectivity index is 1.28. The molecule has 3 aromatic rings. The van der Waals surface area contributed by atoms with Crippen LogP contribution in [0.4, 0.5) is 5.69 Å². The standard InChI is InChI=1S/C18H22N8O/c1-13-4-5-16-20-21-17(26(16)22-13)12-23-8-6-14(10-23)25-11-15(9-19-25)24-7-2-3-18(24)27/h4-5,9,11,14H,2-3,6-8,10,12H2,1H3. The summed E-state index contributed by atoms with van der Waals surface area (Å²) >= 11 is 0. The SMILES string of the molecule is Cc1ccc2nnc(CN3CCC(n4cc(N5CCCC5=O)cn4)C3)n2n1. The third kappa shape index (κ3) is 2.97. The first-order valence-electron chi connectivity index (χ1n) is 9.42. The number of amides is 1. The maximum absolute atomic E-state index is 11.9. The van der Waals surface area contributed by atoms with E-state index in [-0.39, 0.29) is 5.91 Å². The maximum Gasteiger partial charge on any atom is 0.227 e. The van der Waals surface area contributed by atoms with Crippen LogP contribution in [0.3, 0.4) is 0 Å². The van der Waals surface area contributed by atoms with E-state index in [1.165, 1.54) is 0 Å². The fourth-order valence-electron chi connectivity index (χ4n) is 3.98. The van der Waals surface area contributed by atoms with Gasteiger partial charge in [-0.15, -0.1) is 10.2 Å². The van der Waals surface area contributed by atoms with Gasteiger partial charge in [0.05, 0.1) is 30.2 Å². The fourth-order valence-corrected chi connectivity index (χ4v) is 3.98. The Morgan fingerprint density at radius 1 is 1.22 bits per heavy atom. The number of likely N-dealkylation sites (tertiary alicyclic amines) is 1. The highest BCUT2D eigenvalue weighted by atomic mass is 16.2. The molecular formula is C18H22N8O. The third-order valence-electron chi connectivity index (χ3n) is 5.42. The van der Waals surface area contributed by atoms with E-state index >= 15 is 0 Å². The molecule has 2 aliphatic rings. The molecule has 0 N–H and O–H groups in total. The topological polar surface area (TPSA) is 84.5 Å². The summed E-state index contributed by atoms with van der Waals surface area (Å²) in [5.41, 5.74) is 2.64. The Labute approximate surface area is 156 Å². The van der Waals surface area contributed by atoms with Crippen molar-refractivity contribution in [1.82, 2.24) is 34.5 Å². The molecule has 0 bridgehead atoms. The Kier molecular flexibility index (Phi) is 3.89. The minimum atomic E-state index is 0.198. The van der Waals surface area contributed by atoms with Crippen LogP contribution in [0.2, 0.25) is 0 Å². The van der Waals surface area contributed by atoms with Crippen molar-refractivity contribution >= 4 is 17.2 Å². The van der Waals surface area contributed by atoms with Crippen LogP contribution < -0.4 is 4.90 Å². The largest absolute Gasteiger partial charge is 0.309 e. The van der Waals surface area contributed by atoms with E-state index in [0.717, 1.165) is 55.3 Å². The van der Waals surface area contributed by atoms with E-state index in [1.54, 1.807) is 0 Å². The van der Waals surface area contributed by atoms with E-state index in [9.17, 15) is 4.79 Å². The summed E-state index contributed by atoms with van der Waals surface area (Å²) in [7, 11) is 0. The molecule has 0 aliphatic carbocycles. The number of aromatic nitrogens is 6. The number of nitrogens with zero attached hydrogens (tertiary/aromatic N) is 8. The van der Waals surface area contributed by atoms with Crippen molar-refractivity contribution in [3.8, 4) is 0 Å². The first-order valence-corrected chi connectivity index (χ1v) is 9.42. The zero-order valence-corrected chi connectivity index (χ0v) is 15.3. The zero-order chi connectivity index (χ0) is 18.4. The summed E-state index contributed by atoms with van der Waals surface area (Å²) in [6.07, 6.45) is 6.42. The Morgan fingerprint density at radius 2 is 2.15 bits per heavy atom. The van der Waals surface area contributed by atoms with Gasteiger partial charge >= 0.3 is 0 Å². The molecule has 2 saturated heterocycles. The molecule has 0 saturated carbocycles. The van der Waals surface area contributed by atoms with Crippen molar-refractivity contribution in [3.63, 3.8) is 0 Å². The Morgan fingerprint density at radius 3 is 3.00 bits per heavy atom. The van der Waals surface area contributed by atoms with Gasteiger partial charge in [0, 0.05) is 32.3 Å². The van der Waals surface area contributed by atoms with Gasteiger partial charge in [-0.2, -0.15) is 14.7 Å². The molecule has 1 amide bonds. The zero-order valence-electron chi connectivity index (χ0n) is 15.3. The van der Waals surface area contributed by atoms with E-state index in [2.05, 4.69) is 25.3 Å². The van der Waals surface area contributed by atoms with E-state index in [4.69, 9.17) is 0 Å². The second kappa shape index (κ2) is 6.41. The van der Waals surface area contributed by atoms with Gasteiger partial charge in [-0.05, 0) is 31.9 Å². The molecule has 140 valence electrons. The van der Waals surface area contributed by atoms with E-state index in [1.807, 2.05) is 45.5 Å². The van der Waals surface area contributed by atoms with Gasteiger partial charge in [-0.25, -0.2) is 0 Å². The average Bonchev–Trinajstić information content (AvgIpc) is 3.42. The molecule has 2 fully saturated rings. The third-order valence-corrected chi connectivity index (χ3v) is 5.42. The van der Waals surface area contributed by atoms with Crippen molar-refractivity contribution in [2.45, 2.75) is 38.8 Å². The summed E-state index contributed by atoms with van der Waals surface area (Å²) in [4.78, 5) is 16.1. The van der Waals surface area contributed by atoms with Crippen LogP contribution in [-0.2, 0) is 11.3 Å². The molecule has 0 radical (unpaired) electrons. The van der Waals surface area contributed by atoms with Gasteiger partial charge < -0.3 is 4.90 Å². The van der Waals surface area contributed by atoms with Gasteiger partial charge in [0.25, 0.3) is 0 Å². The summed E-state index contributed by atoms with van der Waals surface area (Å²) in [6.45, 7) is 5.36. The summed E-state index contributed by atoms with van der Waals surface area (Å²) in [5, 5.41) is 17.5. The molecule has 2 aliphatic heterocycles. The highest BCUT2D eigenvalue weighted by Crippen LogP contribution is 2.26. The van der Waals surface area contributed by atoms with Crippen LogP contribution in [0, 0.1) is 6.92 Å². The lowest BCUT2D eigenvalue weighted by Gasteiger charge is -2.15. The molecule has 1 unspecified atom stereocenters. The van der Waals surface area contributed by atoms with Gasteiger partial charge in [0.1, 0.15) is 0 Å². The second-order valence-electron chi connectivity index (χ2n) is 7.37. The number of carbonyl (C=O) groups is 1. The van der Waals surface area contributed by atoms with Crippen molar-refractivity contribution in [1.29, 1.82) is 0 Å². The minimum Gasteiger partial charge on any atom is -0.309 e. The second-order valence-corrected chi connectivity index (χ2v) is 7.37. The normalized spacial score (nSPS) is 21.0. The van der Waals surface area contributed by atoms with Crippen LogP contribution in [0.1, 0.15) is 36.8 Å². The van der Waals surface area contributed by atoms with Crippen molar-refractivity contribution < 1.29 is 4.79 Å². The van der Waals surface area contributed by atoms with Gasteiger partial charge in [-0.1, -0.05) is 0 Å². The molecular weight excluding hydrogens is 344 g/mol. The summed E-state index contributed by atoms with van der Waals surface area (Å²) in [6, 6.07) is 4.20. The molecule has 9 nitrogen and oxygen atoms in total. The number of hydrogen-bond acceptors (Lipinski definition) is 6. The van der Waals surface area contributed by atoms with E-state index < -0.39 is 0 Å². The summed E-state index contributed by atoms with van der Waals surface area (Å²) < 4.78 is 3.83. The quantitative estimate of drug-likeness (QED) is 0.690. The Bertz CT molecular complexity index is 992. The van der Waals surface area contributed by atoms with Crippen molar-refractivity contribution in [3.05, 3.63) is 36.0 Å². The first-order chi connectivity index (χ1) is 13.2. The lowest BCUT2D eigenvalue weighted by molar-refractivity contribution is -0.117. The van der Waals surface area contributed by atoms with E-state index in [0.29, 0.717) is 19.0 Å². The predicted molar refractivity (Wildman–Crippen MR) is 98.3 cm³/mol. The monoisotopic (exact) mass is 366 g/mol. The smallest absolute Gasteiger partial charge is 0.227 e. The molecule has 3 aromatic heterocycles. The Hall–Kier alpha value is -2.81. The highest BCUT2D eigenvalue weighted by molar-refractivity contribution is 5.95. The molecule has 27 heavy (non-hydrogen) atoms. The van der Waals surface area contributed by atoms with Gasteiger partial charge in [0.2, 0.25) is 5.91 Å². The number of anilines is 1. The van der Waals surface area contributed by atoms with Crippen molar-refractivity contribution in [2.75, 3.05) is 24.5 Å². The van der Waals surface area contributed by atoms with Crippen LogP contribution >= 0.6 is 0 Å². The number of aryl methyl sites for hydroxylation is 1.